The van der Waals surface area contributed by atoms with Gasteiger partial charge in [-0.3, -0.25) is 14.5 Å². The molecule has 2 amide bonds. The molecule has 4 rings (SSSR count). The maximum Gasteiger partial charge on any atom is 0.238 e. The summed E-state index contributed by atoms with van der Waals surface area (Å²) in [7, 11) is -3.72. The van der Waals surface area contributed by atoms with Crippen LogP contribution in [0.4, 0.5) is 0 Å². The lowest BCUT2D eigenvalue weighted by atomic mass is 9.81. The molecule has 0 unspecified atom stereocenters. The van der Waals surface area contributed by atoms with E-state index in [9.17, 15) is 18.0 Å². The molecular weight excluding hydrogens is 364 g/mol. The normalized spacial score (nSPS) is 29.6. The van der Waals surface area contributed by atoms with Gasteiger partial charge >= 0.3 is 0 Å². The van der Waals surface area contributed by atoms with Gasteiger partial charge in [0, 0.05) is 6.54 Å². The highest BCUT2D eigenvalue weighted by atomic mass is 32.2. The van der Waals surface area contributed by atoms with Gasteiger partial charge in [-0.1, -0.05) is 23.3 Å². The van der Waals surface area contributed by atoms with Crippen LogP contribution in [0.15, 0.2) is 40.3 Å². The standard InChI is InChI=1S/C20H24N2O4S/c1-11(2)16-14-7-8-15(16)18-17(14)19(23)22(20(18)24)10-9-12-3-5-13(6-4-12)27(21,25)26/h3-6,14-15,17-18H,7-10H2,1-2H3,(H2,21,25,26)/t14-,15-,17+,18+/m0/s1. The molecular formula is C20H24N2O4S. The minimum Gasteiger partial charge on any atom is -0.282 e. The van der Waals surface area contributed by atoms with E-state index in [-0.39, 0.29) is 40.4 Å². The van der Waals surface area contributed by atoms with Crippen LogP contribution in [0, 0.1) is 23.7 Å². The Balaban J connectivity index is 1.49. The number of benzene rings is 1. The molecule has 1 saturated heterocycles. The lowest BCUT2D eigenvalue weighted by Gasteiger charge is -2.19. The Morgan fingerprint density at radius 2 is 1.56 bits per heavy atom. The van der Waals surface area contributed by atoms with Crippen molar-refractivity contribution in [2.75, 3.05) is 6.54 Å². The monoisotopic (exact) mass is 388 g/mol. The molecule has 1 aromatic rings. The van der Waals surface area contributed by atoms with Crippen molar-refractivity contribution in [3.8, 4) is 0 Å². The molecule has 0 aromatic heterocycles. The van der Waals surface area contributed by atoms with Gasteiger partial charge in [-0.2, -0.15) is 0 Å². The van der Waals surface area contributed by atoms with Crippen LogP contribution in [0.2, 0.25) is 0 Å². The van der Waals surface area contributed by atoms with Crippen molar-refractivity contribution in [3.63, 3.8) is 0 Å². The Kier molecular flexibility index (Phi) is 4.27. The van der Waals surface area contributed by atoms with E-state index in [0.717, 1.165) is 18.4 Å². The smallest absolute Gasteiger partial charge is 0.238 e. The van der Waals surface area contributed by atoms with Gasteiger partial charge in [-0.05, 0) is 62.6 Å². The average Bonchev–Trinajstić information content (AvgIpc) is 3.23. The van der Waals surface area contributed by atoms with Crippen molar-refractivity contribution in [3.05, 3.63) is 41.0 Å². The molecule has 6 nitrogen and oxygen atoms in total. The SMILES string of the molecule is CC(C)=C1[C@@H]2CC[C@@H]1[C@H]1C(=O)N(CCc3ccc(S(N)(=O)=O)cc3)C(=O)[C@@H]12. The first-order chi connectivity index (χ1) is 12.7. The lowest BCUT2D eigenvalue weighted by Crippen LogP contribution is -2.35. The summed E-state index contributed by atoms with van der Waals surface area (Å²) in [6.07, 6.45) is 2.52. The van der Waals surface area contributed by atoms with Crippen LogP contribution in [0.1, 0.15) is 32.3 Å². The number of rotatable bonds is 4. The van der Waals surface area contributed by atoms with E-state index >= 15 is 0 Å². The number of primary sulfonamides is 1. The molecule has 0 radical (unpaired) electrons. The zero-order chi connectivity index (χ0) is 19.5. The summed E-state index contributed by atoms with van der Waals surface area (Å²) in [6, 6.07) is 6.26. The molecule has 4 atom stereocenters. The second-order valence-electron chi connectivity index (χ2n) is 8.06. The van der Waals surface area contributed by atoms with Gasteiger partial charge < -0.3 is 0 Å². The molecule has 0 spiro atoms. The molecule has 3 aliphatic rings. The Morgan fingerprint density at radius 3 is 2.00 bits per heavy atom. The number of sulfonamides is 1. The van der Waals surface area contributed by atoms with E-state index in [2.05, 4.69) is 13.8 Å². The Hall–Kier alpha value is -1.99. The second kappa shape index (κ2) is 6.27. The van der Waals surface area contributed by atoms with Crippen molar-refractivity contribution in [2.45, 2.75) is 38.0 Å². The summed E-state index contributed by atoms with van der Waals surface area (Å²) in [5.74, 6) is 0.0621. The van der Waals surface area contributed by atoms with Crippen LogP contribution in [0.3, 0.4) is 0 Å². The molecule has 7 heteroatoms. The van der Waals surface area contributed by atoms with Crippen LogP contribution < -0.4 is 5.14 Å². The van der Waals surface area contributed by atoms with Crippen LogP contribution in [-0.2, 0) is 26.0 Å². The third kappa shape index (κ3) is 2.84. The third-order valence-corrected chi connectivity index (χ3v) is 7.33. The molecule has 2 saturated carbocycles. The fraction of sp³-hybridized carbons (Fsp3) is 0.500. The maximum atomic E-state index is 12.9. The predicted molar refractivity (Wildman–Crippen MR) is 99.8 cm³/mol. The number of hydrogen-bond donors (Lipinski definition) is 1. The number of allylic oxidation sites excluding steroid dienone is 2. The highest BCUT2D eigenvalue weighted by Gasteiger charge is 2.63. The van der Waals surface area contributed by atoms with Crippen molar-refractivity contribution in [1.29, 1.82) is 0 Å². The Labute approximate surface area is 159 Å². The fourth-order valence-corrected chi connectivity index (χ4v) is 5.88. The summed E-state index contributed by atoms with van der Waals surface area (Å²) in [5.41, 5.74) is 3.48. The average molecular weight is 388 g/mol. The number of likely N-dealkylation sites (tertiary alicyclic amines) is 1. The van der Waals surface area contributed by atoms with Gasteiger partial charge in [0.1, 0.15) is 0 Å². The molecule has 2 N–H and O–H groups in total. The van der Waals surface area contributed by atoms with E-state index in [1.165, 1.54) is 28.2 Å². The second-order valence-corrected chi connectivity index (χ2v) is 9.63. The van der Waals surface area contributed by atoms with Gasteiger partial charge in [0.05, 0.1) is 16.7 Å². The minimum absolute atomic E-state index is 0.0305. The van der Waals surface area contributed by atoms with Gasteiger partial charge in [-0.25, -0.2) is 13.6 Å². The summed E-state index contributed by atoms with van der Waals surface area (Å²) in [5, 5.41) is 5.10. The number of nitrogens with two attached hydrogens (primary N) is 1. The first-order valence-electron chi connectivity index (χ1n) is 9.34. The molecule has 2 bridgehead atoms. The number of nitrogens with zero attached hydrogens (tertiary/aromatic N) is 1. The van der Waals surface area contributed by atoms with Crippen LogP contribution in [0.25, 0.3) is 0 Å². The van der Waals surface area contributed by atoms with Crippen molar-refractivity contribution >= 4 is 21.8 Å². The summed E-state index contributed by atoms with van der Waals surface area (Å²) in [6.45, 7) is 4.50. The Morgan fingerprint density at radius 1 is 1.04 bits per heavy atom. The molecule has 1 heterocycles. The number of hydrogen-bond acceptors (Lipinski definition) is 4. The zero-order valence-electron chi connectivity index (χ0n) is 15.5. The molecule has 144 valence electrons. The Bertz CT molecular complexity index is 913. The first kappa shape index (κ1) is 18.4. The topological polar surface area (TPSA) is 97.5 Å². The van der Waals surface area contributed by atoms with Crippen molar-refractivity contribution < 1.29 is 18.0 Å². The number of carbonyl (C=O) groups excluding carboxylic acids is 2. The summed E-state index contributed by atoms with van der Waals surface area (Å²) >= 11 is 0. The van der Waals surface area contributed by atoms with Crippen LogP contribution in [-0.4, -0.2) is 31.7 Å². The predicted octanol–water partition coefficient (Wildman–Crippen LogP) is 1.85. The molecule has 2 aliphatic carbocycles. The van der Waals surface area contributed by atoms with E-state index in [1.807, 2.05) is 0 Å². The number of fused-ring (bicyclic) bond motifs is 5. The van der Waals surface area contributed by atoms with Gasteiger partial charge in [0.2, 0.25) is 21.8 Å². The number of imide groups is 1. The van der Waals surface area contributed by atoms with Gasteiger partial charge in [0.25, 0.3) is 0 Å². The van der Waals surface area contributed by atoms with E-state index < -0.39 is 10.0 Å². The van der Waals surface area contributed by atoms with E-state index in [0.29, 0.717) is 13.0 Å². The lowest BCUT2D eigenvalue weighted by molar-refractivity contribution is -0.140. The number of carbonyl (C=O) groups is 2. The molecule has 3 fully saturated rings. The van der Waals surface area contributed by atoms with Crippen molar-refractivity contribution in [2.24, 2.45) is 28.8 Å². The molecule has 1 aromatic carbocycles. The summed E-state index contributed by atoms with van der Waals surface area (Å²) < 4.78 is 22.7. The van der Waals surface area contributed by atoms with Crippen LogP contribution in [0.5, 0.6) is 0 Å². The molecule has 1 aliphatic heterocycles. The fourth-order valence-electron chi connectivity index (χ4n) is 5.36. The highest BCUT2D eigenvalue weighted by molar-refractivity contribution is 7.89. The quantitative estimate of drug-likeness (QED) is 0.629. The zero-order valence-corrected chi connectivity index (χ0v) is 16.3. The van der Waals surface area contributed by atoms with Crippen molar-refractivity contribution in [1.82, 2.24) is 4.90 Å². The highest BCUT2D eigenvalue weighted by Crippen LogP contribution is 2.60. The molecule has 27 heavy (non-hydrogen) atoms. The maximum absolute atomic E-state index is 12.9. The first-order valence-corrected chi connectivity index (χ1v) is 10.9. The van der Waals surface area contributed by atoms with E-state index in [4.69, 9.17) is 5.14 Å². The largest absolute Gasteiger partial charge is 0.282 e. The number of amides is 2. The van der Waals surface area contributed by atoms with Crippen LogP contribution >= 0.6 is 0 Å². The minimum atomic E-state index is -3.72. The van der Waals surface area contributed by atoms with Gasteiger partial charge in [0.15, 0.2) is 0 Å². The van der Waals surface area contributed by atoms with Gasteiger partial charge in [-0.15, -0.1) is 0 Å². The third-order valence-electron chi connectivity index (χ3n) is 6.40. The van der Waals surface area contributed by atoms with E-state index in [1.54, 1.807) is 12.1 Å². The summed E-state index contributed by atoms with van der Waals surface area (Å²) in [4.78, 5) is 27.4.